The van der Waals surface area contributed by atoms with Gasteiger partial charge in [-0.25, -0.2) is 12.9 Å². The molecule has 122 valence electrons. The molecule has 1 aliphatic rings. The van der Waals surface area contributed by atoms with Crippen LogP contribution in [0.15, 0.2) is 23.1 Å². The average Bonchev–Trinajstić information content (AvgIpc) is 2.45. The Labute approximate surface area is 126 Å². The molecule has 1 N–H and O–H groups in total. The highest BCUT2D eigenvalue weighted by atomic mass is 32.2. The lowest BCUT2D eigenvalue weighted by Crippen LogP contribution is -2.40. The van der Waals surface area contributed by atoms with E-state index < -0.39 is 45.3 Å². The number of nitrogens with zero attached hydrogens (tertiary/aromatic N) is 1. The van der Waals surface area contributed by atoms with Gasteiger partial charge in [0.1, 0.15) is 21.7 Å². The maximum Gasteiger partial charge on any atom is 0.417 e. The van der Waals surface area contributed by atoms with Gasteiger partial charge >= 0.3 is 12.1 Å². The van der Waals surface area contributed by atoms with E-state index in [2.05, 4.69) is 0 Å². The van der Waals surface area contributed by atoms with Crippen LogP contribution in [0.5, 0.6) is 0 Å². The molecule has 1 aromatic rings. The Morgan fingerprint density at radius 1 is 1.36 bits per heavy atom. The van der Waals surface area contributed by atoms with Crippen LogP contribution in [-0.4, -0.2) is 32.7 Å². The summed E-state index contributed by atoms with van der Waals surface area (Å²) in [5, 5.41) is 8.97. The third-order valence-electron chi connectivity index (χ3n) is 3.41. The normalized spacial score (nSPS) is 21.5. The van der Waals surface area contributed by atoms with Crippen LogP contribution in [0.2, 0.25) is 0 Å². The minimum atomic E-state index is -4.84. The number of carboxylic acid groups (broad SMARTS) is 1. The molecule has 1 heterocycles. The van der Waals surface area contributed by atoms with Crippen LogP contribution < -0.4 is 0 Å². The van der Waals surface area contributed by atoms with Gasteiger partial charge in [-0.05, 0) is 25.0 Å². The zero-order valence-electron chi connectivity index (χ0n) is 11.3. The summed E-state index contributed by atoms with van der Waals surface area (Å²) in [7, 11) is -2.40. The number of carbonyl (C=O) groups is 1. The molecule has 0 aromatic heterocycles. The lowest BCUT2D eigenvalue weighted by molar-refractivity contribution is -0.143. The minimum absolute atomic E-state index is 0.155. The first kappa shape index (κ1) is 16.9. The number of hydrogen-bond donors (Lipinski definition) is 1. The van der Waals surface area contributed by atoms with Crippen molar-refractivity contribution in [3.05, 3.63) is 29.6 Å². The first-order valence-corrected chi connectivity index (χ1v) is 7.58. The number of carboxylic acids is 1. The summed E-state index contributed by atoms with van der Waals surface area (Å²) < 4.78 is 66.1. The van der Waals surface area contributed by atoms with E-state index in [1.165, 1.54) is 0 Å². The second-order valence-corrected chi connectivity index (χ2v) is 6.35. The quantitative estimate of drug-likeness (QED) is 0.862. The molecule has 2 atom stereocenters. The molecule has 0 spiro atoms. The highest BCUT2D eigenvalue weighted by Crippen LogP contribution is 2.36. The van der Waals surface area contributed by atoms with Gasteiger partial charge in [-0.15, -0.1) is 0 Å². The van der Waals surface area contributed by atoms with Crippen LogP contribution in [0, 0.1) is 11.7 Å². The molecule has 1 aliphatic heterocycles. The van der Waals surface area contributed by atoms with E-state index in [-0.39, 0.29) is 13.1 Å². The van der Waals surface area contributed by atoms with E-state index in [4.69, 9.17) is 5.11 Å². The predicted molar refractivity (Wildman–Crippen MR) is 69.7 cm³/mol. The molecule has 1 saturated heterocycles. The summed E-state index contributed by atoms with van der Waals surface area (Å²) in [6.07, 6.45) is -4.11. The number of benzene rings is 1. The van der Waals surface area contributed by atoms with Crippen molar-refractivity contribution >= 4 is 17.0 Å². The van der Waals surface area contributed by atoms with Crippen molar-refractivity contribution < 1.29 is 31.7 Å². The van der Waals surface area contributed by atoms with Crippen LogP contribution in [0.1, 0.15) is 18.4 Å². The smallest absolute Gasteiger partial charge is 0.417 e. The van der Waals surface area contributed by atoms with Crippen molar-refractivity contribution in [2.75, 3.05) is 13.1 Å². The van der Waals surface area contributed by atoms with Gasteiger partial charge < -0.3 is 5.11 Å². The number of halogens is 4. The number of rotatable bonds is 3. The first-order chi connectivity index (χ1) is 10.2. The van der Waals surface area contributed by atoms with E-state index in [1.807, 2.05) is 0 Å². The van der Waals surface area contributed by atoms with Gasteiger partial charge in [-0.2, -0.15) is 13.2 Å². The zero-order valence-corrected chi connectivity index (χ0v) is 12.1. The average molecular weight is 339 g/mol. The summed E-state index contributed by atoms with van der Waals surface area (Å²) in [5.41, 5.74) is -1.30. The third kappa shape index (κ3) is 3.46. The molecular weight excluding hydrogens is 326 g/mol. The predicted octanol–water partition coefficient (Wildman–Crippen LogP) is 2.66. The molecule has 0 bridgehead atoms. The Bertz CT molecular complexity index is 605. The summed E-state index contributed by atoms with van der Waals surface area (Å²) in [4.78, 5) is 10.0. The van der Waals surface area contributed by atoms with Gasteiger partial charge in [0.25, 0.3) is 0 Å². The van der Waals surface area contributed by atoms with E-state index in [9.17, 15) is 26.6 Å². The van der Waals surface area contributed by atoms with Gasteiger partial charge in [-0.1, -0.05) is 6.07 Å². The summed E-state index contributed by atoms with van der Waals surface area (Å²) in [6, 6.07) is 2.37. The fourth-order valence-electron chi connectivity index (χ4n) is 2.33. The Morgan fingerprint density at radius 3 is 2.64 bits per heavy atom. The molecule has 4 nitrogen and oxygen atoms in total. The molecule has 1 fully saturated rings. The zero-order chi connectivity index (χ0) is 16.5. The fourth-order valence-corrected chi connectivity index (χ4v) is 3.81. The van der Waals surface area contributed by atoms with Crippen LogP contribution in [0.3, 0.4) is 0 Å². The Hall–Kier alpha value is -1.48. The number of piperidine rings is 1. The van der Waals surface area contributed by atoms with Crippen molar-refractivity contribution in [1.29, 1.82) is 0 Å². The summed E-state index contributed by atoms with van der Waals surface area (Å²) in [5.74, 6) is -3.14. The molecule has 0 saturated carbocycles. The minimum Gasteiger partial charge on any atom is -0.481 e. The second kappa shape index (κ2) is 6.33. The maximum atomic E-state index is 13.8. The van der Waals surface area contributed by atoms with Gasteiger partial charge in [0.2, 0.25) is 0 Å². The van der Waals surface area contributed by atoms with Crippen LogP contribution in [-0.2, 0) is 22.0 Å². The second-order valence-electron chi connectivity index (χ2n) is 4.93. The maximum absolute atomic E-state index is 13.8. The molecule has 1 aromatic carbocycles. The summed E-state index contributed by atoms with van der Waals surface area (Å²) >= 11 is 0. The van der Waals surface area contributed by atoms with Crippen molar-refractivity contribution in [3.8, 4) is 0 Å². The topological polar surface area (TPSA) is 57.6 Å². The van der Waals surface area contributed by atoms with Crippen LogP contribution in [0.25, 0.3) is 0 Å². The Morgan fingerprint density at radius 2 is 2.05 bits per heavy atom. The SMILES string of the molecule is O=C(O)C1CCCN(S(=O)c2c(F)cccc2C(F)(F)F)C1. The lowest BCUT2D eigenvalue weighted by Gasteiger charge is -2.30. The highest BCUT2D eigenvalue weighted by Gasteiger charge is 2.39. The molecule has 22 heavy (non-hydrogen) atoms. The largest absolute Gasteiger partial charge is 0.481 e. The van der Waals surface area contributed by atoms with Crippen LogP contribution >= 0.6 is 0 Å². The van der Waals surface area contributed by atoms with Crippen molar-refractivity contribution in [3.63, 3.8) is 0 Å². The lowest BCUT2D eigenvalue weighted by atomic mass is 10.0. The van der Waals surface area contributed by atoms with E-state index in [1.54, 1.807) is 0 Å². The van der Waals surface area contributed by atoms with Crippen molar-refractivity contribution in [2.24, 2.45) is 5.92 Å². The van der Waals surface area contributed by atoms with E-state index in [0.717, 1.165) is 16.4 Å². The van der Waals surface area contributed by atoms with Gasteiger partial charge in [0, 0.05) is 13.1 Å². The van der Waals surface area contributed by atoms with Crippen molar-refractivity contribution in [2.45, 2.75) is 23.9 Å². The number of hydrogen-bond acceptors (Lipinski definition) is 2. The molecule has 9 heteroatoms. The third-order valence-corrected chi connectivity index (χ3v) is 4.98. The Balaban J connectivity index is 2.35. The fraction of sp³-hybridized carbons (Fsp3) is 0.462. The molecule has 0 amide bonds. The molecule has 2 unspecified atom stereocenters. The molecule has 0 radical (unpaired) electrons. The van der Waals surface area contributed by atoms with Crippen molar-refractivity contribution in [1.82, 2.24) is 4.31 Å². The van der Waals surface area contributed by atoms with Crippen LogP contribution in [0.4, 0.5) is 17.6 Å². The van der Waals surface area contributed by atoms with Gasteiger partial charge in [0.05, 0.1) is 11.5 Å². The highest BCUT2D eigenvalue weighted by molar-refractivity contribution is 7.82. The monoisotopic (exact) mass is 339 g/mol. The molecular formula is C13H13F4NO3S. The first-order valence-electron chi connectivity index (χ1n) is 6.47. The van der Waals surface area contributed by atoms with Gasteiger partial charge in [-0.3, -0.25) is 4.79 Å². The number of aliphatic carboxylic acids is 1. The number of alkyl halides is 3. The standard InChI is InChI=1S/C13H13F4NO3S/c14-10-5-1-4-9(13(15,16)17)11(10)22(21)18-6-2-3-8(7-18)12(19)20/h1,4-5,8H,2-3,6-7H2,(H,19,20). The Kier molecular flexibility index (Phi) is 4.86. The molecule has 2 rings (SSSR count). The summed E-state index contributed by atoms with van der Waals surface area (Å²) in [6.45, 7) is -0.0183. The van der Waals surface area contributed by atoms with E-state index >= 15 is 0 Å². The van der Waals surface area contributed by atoms with E-state index in [0.29, 0.717) is 18.9 Å². The molecule has 0 aliphatic carbocycles. The van der Waals surface area contributed by atoms with Gasteiger partial charge in [0.15, 0.2) is 0 Å².